The highest BCUT2D eigenvalue weighted by atomic mass is 127. The molecule has 6 nitrogen and oxygen atoms in total. The molecule has 1 amide bonds. The van der Waals surface area contributed by atoms with Crippen molar-refractivity contribution in [1.29, 1.82) is 0 Å². The second-order valence-corrected chi connectivity index (χ2v) is 7.57. The number of likely N-dealkylation sites (tertiary alicyclic amines) is 1. The topological polar surface area (TPSA) is 80.0 Å². The van der Waals surface area contributed by atoms with Gasteiger partial charge in [0, 0.05) is 31.6 Å². The number of amides is 1. The average Bonchev–Trinajstić information content (AvgIpc) is 2.76. The van der Waals surface area contributed by atoms with Crippen LogP contribution in [0.15, 0.2) is 59.6 Å². The number of aliphatic imine (C=N–C) groups is 1. The molecule has 0 aliphatic carbocycles. The minimum Gasteiger partial charge on any atom is -0.491 e. The van der Waals surface area contributed by atoms with Crippen LogP contribution in [0.3, 0.4) is 0 Å². The smallest absolute Gasteiger partial charge is 0.217 e. The Labute approximate surface area is 202 Å². The Bertz CT molecular complexity index is 844. The minimum atomic E-state index is -0.228. The number of nitrogens with one attached hydrogen (secondary N) is 1. The van der Waals surface area contributed by atoms with Crippen molar-refractivity contribution in [2.45, 2.75) is 26.2 Å². The Kier molecular flexibility index (Phi) is 10.6. The van der Waals surface area contributed by atoms with Crippen molar-refractivity contribution in [3.8, 4) is 16.9 Å². The molecular formula is C24H33IN4O2. The van der Waals surface area contributed by atoms with E-state index < -0.39 is 0 Å². The number of primary amides is 1. The van der Waals surface area contributed by atoms with E-state index in [1.807, 2.05) is 36.4 Å². The molecule has 2 aromatic rings. The van der Waals surface area contributed by atoms with Crippen molar-refractivity contribution in [3.63, 3.8) is 0 Å². The van der Waals surface area contributed by atoms with Gasteiger partial charge in [-0.15, -0.1) is 24.0 Å². The average molecular weight is 536 g/mol. The van der Waals surface area contributed by atoms with Crippen LogP contribution in [-0.4, -0.2) is 49.6 Å². The SMILES string of the molecule is CCNC(=NCCOc1ccccc1-c1ccccc1)N1CCCC(CC(N)=O)C1.I. The van der Waals surface area contributed by atoms with Gasteiger partial charge in [0.05, 0.1) is 6.54 Å². The quantitative estimate of drug-likeness (QED) is 0.232. The fourth-order valence-corrected chi connectivity index (χ4v) is 3.89. The van der Waals surface area contributed by atoms with Gasteiger partial charge in [-0.1, -0.05) is 48.5 Å². The van der Waals surface area contributed by atoms with E-state index in [-0.39, 0.29) is 29.9 Å². The number of halogens is 1. The van der Waals surface area contributed by atoms with Crippen LogP contribution in [0.25, 0.3) is 11.1 Å². The third-order valence-electron chi connectivity index (χ3n) is 5.23. The van der Waals surface area contributed by atoms with Crippen molar-refractivity contribution in [3.05, 3.63) is 54.6 Å². The van der Waals surface area contributed by atoms with Crippen LogP contribution in [0.4, 0.5) is 0 Å². The lowest BCUT2D eigenvalue weighted by Crippen LogP contribution is -2.47. The zero-order chi connectivity index (χ0) is 21.2. The van der Waals surface area contributed by atoms with E-state index in [9.17, 15) is 4.79 Å². The Morgan fingerprint density at radius 2 is 1.94 bits per heavy atom. The zero-order valence-corrected chi connectivity index (χ0v) is 20.5. The van der Waals surface area contributed by atoms with E-state index in [0.29, 0.717) is 25.5 Å². The standard InChI is InChI=1S/C24H32N4O2.HI/c1-2-26-24(28-15-8-9-19(18-28)17-23(25)29)27-14-16-30-22-13-7-6-12-21(22)20-10-4-3-5-11-20;/h3-7,10-13,19H,2,8-9,14-18H2,1H3,(H2,25,29)(H,26,27);1H. The Hall–Kier alpha value is -2.29. The number of carbonyl (C=O) groups is 1. The summed E-state index contributed by atoms with van der Waals surface area (Å²) in [5.41, 5.74) is 7.61. The predicted molar refractivity (Wildman–Crippen MR) is 137 cm³/mol. The zero-order valence-electron chi connectivity index (χ0n) is 18.1. The molecule has 0 radical (unpaired) electrons. The molecule has 168 valence electrons. The maximum absolute atomic E-state index is 11.3. The van der Waals surface area contributed by atoms with Gasteiger partial charge < -0.3 is 20.7 Å². The first-order valence-electron chi connectivity index (χ1n) is 10.8. The van der Waals surface area contributed by atoms with Crippen LogP contribution < -0.4 is 15.8 Å². The summed E-state index contributed by atoms with van der Waals surface area (Å²) in [6.07, 6.45) is 2.52. The first kappa shape index (κ1) is 25.0. The van der Waals surface area contributed by atoms with Crippen LogP contribution >= 0.6 is 24.0 Å². The van der Waals surface area contributed by atoms with Gasteiger partial charge in [-0.3, -0.25) is 4.79 Å². The molecule has 0 bridgehead atoms. The normalized spacial score (nSPS) is 16.4. The van der Waals surface area contributed by atoms with Gasteiger partial charge in [0.1, 0.15) is 12.4 Å². The molecule has 31 heavy (non-hydrogen) atoms. The Morgan fingerprint density at radius 3 is 2.68 bits per heavy atom. The van der Waals surface area contributed by atoms with Gasteiger partial charge in [0.25, 0.3) is 0 Å². The van der Waals surface area contributed by atoms with Crippen molar-refractivity contribution in [2.75, 3.05) is 32.8 Å². The number of carbonyl (C=O) groups excluding carboxylic acids is 1. The molecule has 1 saturated heterocycles. The van der Waals surface area contributed by atoms with E-state index in [2.05, 4.69) is 35.3 Å². The van der Waals surface area contributed by atoms with E-state index >= 15 is 0 Å². The number of para-hydroxylation sites is 1. The summed E-state index contributed by atoms with van der Waals surface area (Å²) in [5, 5.41) is 3.37. The van der Waals surface area contributed by atoms with E-state index in [4.69, 9.17) is 15.5 Å². The molecule has 0 aromatic heterocycles. The second-order valence-electron chi connectivity index (χ2n) is 7.57. The molecule has 0 saturated carbocycles. The predicted octanol–water partition coefficient (Wildman–Crippen LogP) is 3.90. The van der Waals surface area contributed by atoms with Gasteiger partial charge in [0.15, 0.2) is 5.96 Å². The molecule has 3 rings (SSSR count). The van der Waals surface area contributed by atoms with E-state index in [0.717, 1.165) is 55.3 Å². The van der Waals surface area contributed by atoms with Gasteiger partial charge in [0.2, 0.25) is 5.91 Å². The van der Waals surface area contributed by atoms with Crippen LogP contribution in [-0.2, 0) is 4.79 Å². The van der Waals surface area contributed by atoms with Crippen LogP contribution in [0.5, 0.6) is 5.75 Å². The number of hydrogen-bond donors (Lipinski definition) is 2. The van der Waals surface area contributed by atoms with Gasteiger partial charge in [-0.2, -0.15) is 0 Å². The summed E-state index contributed by atoms with van der Waals surface area (Å²) < 4.78 is 6.07. The summed E-state index contributed by atoms with van der Waals surface area (Å²) in [6.45, 7) is 5.67. The third-order valence-corrected chi connectivity index (χ3v) is 5.23. The maximum Gasteiger partial charge on any atom is 0.217 e. The number of guanidine groups is 1. The molecule has 1 atom stereocenters. The Morgan fingerprint density at radius 1 is 1.19 bits per heavy atom. The summed E-state index contributed by atoms with van der Waals surface area (Å²) in [4.78, 5) is 18.3. The largest absolute Gasteiger partial charge is 0.491 e. The molecule has 1 unspecified atom stereocenters. The second kappa shape index (κ2) is 13.2. The lowest BCUT2D eigenvalue weighted by atomic mass is 9.95. The van der Waals surface area contributed by atoms with Gasteiger partial charge in [-0.25, -0.2) is 4.99 Å². The number of piperidine rings is 1. The summed E-state index contributed by atoms with van der Waals surface area (Å²) >= 11 is 0. The molecule has 1 fully saturated rings. The molecule has 3 N–H and O–H groups in total. The summed E-state index contributed by atoms with van der Waals surface area (Å²) in [6, 6.07) is 18.3. The number of nitrogens with zero attached hydrogens (tertiary/aromatic N) is 2. The van der Waals surface area contributed by atoms with E-state index in [1.165, 1.54) is 0 Å². The highest BCUT2D eigenvalue weighted by Gasteiger charge is 2.23. The number of rotatable bonds is 8. The first-order valence-corrected chi connectivity index (χ1v) is 10.8. The molecular weight excluding hydrogens is 503 g/mol. The minimum absolute atomic E-state index is 0. The molecule has 1 heterocycles. The summed E-state index contributed by atoms with van der Waals surface area (Å²) in [5.74, 6) is 1.82. The number of hydrogen-bond acceptors (Lipinski definition) is 3. The van der Waals surface area contributed by atoms with Crippen molar-refractivity contribution in [1.82, 2.24) is 10.2 Å². The number of ether oxygens (including phenoxy) is 1. The molecule has 0 spiro atoms. The molecule has 1 aliphatic heterocycles. The Balaban J connectivity index is 0.00000341. The third kappa shape index (κ3) is 7.72. The van der Waals surface area contributed by atoms with Crippen molar-refractivity contribution < 1.29 is 9.53 Å². The monoisotopic (exact) mass is 536 g/mol. The number of nitrogens with two attached hydrogens (primary N) is 1. The van der Waals surface area contributed by atoms with Crippen LogP contribution in [0, 0.1) is 5.92 Å². The summed E-state index contributed by atoms with van der Waals surface area (Å²) in [7, 11) is 0. The van der Waals surface area contributed by atoms with Crippen LogP contribution in [0.2, 0.25) is 0 Å². The maximum atomic E-state index is 11.3. The lowest BCUT2D eigenvalue weighted by Gasteiger charge is -2.34. The van der Waals surface area contributed by atoms with Gasteiger partial charge >= 0.3 is 0 Å². The molecule has 2 aromatic carbocycles. The highest BCUT2D eigenvalue weighted by Crippen LogP contribution is 2.29. The number of benzene rings is 2. The molecule has 7 heteroatoms. The first-order chi connectivity index (χ1) is 14.7. The highest BCUT2D eigenvalue weighted by molar-refractivity contribution is 14.0. The lowest BCUT2D eigenvalue weighted by molar-refractivity contribution is -0.119. The van der Waals surface area contributed by atoms with Gasteiger partial charge in [-0.05, 0) is 37.3 Å². The molecule has 1 aliphatic rings. The fourth-order valence-electron chi connectivity index (χ4n) is 3.89. The fraction of sp³-hybridized carbons (Fsp3) is 0.417. The van der Waals surface area contributed by atoms with Crippen LogP contribution in [0.1, 0.15) is 26.2 Å². The van der Waals surface area contributed by atoms with Crippen molar-refractivity contribution in [2.24, 2.45) is 16.6 Å². The van der Waals surface area contributed by atoms with E-state index in [1.54, 1.807) is 0 Å². The van der Waals surface area contributed by atoms with Crippen molar-refractivity contribution >= 4 is 35.8 Å².